The minimum Gasteiger partial charge on any atom is -0.385 e. The summed E-state index contributed by atoms with van der Waals surface area (Å²) in [4.78, 5) is 11.9. The van der Waals surface area contributed by atoms with Gasteiger partial charge in [-0.1, -0.05) is 19.3 Å². The van der Waals surface area contributed by atoms with E-state index in [1.54, 1.807) is 7.11 Å². The molecule has 1 aromatic heterocycles. The van der Waals surface area contributed by atoms with Crippen LogP contribution in [0.2, 0.25) is 0 Å². The number of anilines is 1. The first-order valence-corrected chi connectivity index (χ1v) is 11.5. The zero-order valence-electron chi connectivity index (χ0n) is 18.4. The van der Waals surface area contributed by atoms with Crippen LogP contribution in [0.1, 0.15) is 63.9 Å². The minimum absolute atomic E-state index is 0.378. The molecule has 1 aliphatic heterocycles. The number of nitrogens with zero attached hydrogens (tertiary/aromatic N) is 3. The van der Waals surface area contributed by atoms with Crippen molar-refractivity contribution < 1.29 is 4.74 Å². The topological polar surface area (TPSA) is 61.8 Å². The Balaban J connectivity index is 1.58. The zero-order valence-corrected chi connectivity index (χ0v) is 18.4. The van der Waals surface area contributed by atoms with Gasteiger partial charge in [-0.2, -0.15) is 0 Å². The summed E-state index contributed by atoms with van der Waals surface area (Å²) in [6, 6.07) is 4.30. The zero-order chi connectivity index (χ0) is 20.4. The van der Waals surface area contributed by atoms with E-state index in [4.69, 9.17) is 9.73 Å². The Bertz CT molecular complexity index is 636. The van der Waals surface area contributed by atoms with Crippen LogP contribution in [-0.2, 0) is 11.3 Å². The molecule has 0 radical (unpaired) electrons. The third kappa shape index (κ3) is 6.59. The Labute approximate surface area is 176 Å². The van der Waals surface area contributed by atoms with Crippen molar-refractivity contribution in [3.8, 4) is 0 Å². The molecule has 1 saturated carbocycles. The van der Waals surface area contributed by atoms with Gasteiger partial charge < -0.3 is 20.3 Å². The number of guanidine groups is 1. The molecule has 2 fully saturated rings. The van der Waals surface area contributed by atoms with Crippen molar-refractivity contribution in [2.75, 3.05) is 44.8 Å². The third-order valence-corrected chi connectivity index (χ3v) is 6.39. The van der Waals surface area contributed by atoms with Crippen molar-refractivity contribution in [3.05, 3.63) is 23.9 Å². The van der Waals surface area contributed by atoms with Crippen molar-refractivity contribution >= 4 is 11.8 Å². The van der Waals surface area contributed by atoms with Crippen molar-refractivity contribution in [1.29, 1.82) is 0 Å². The lowest BCUT2D eigenvalue weighted by molar-refractivity contribution is 0.0732. The van der Waals surface area contributed by atoms with Crippen molar-refractivity contribution in [2.45, 2.75) is 64.8 Å². The SMILES string of the molecule is CCNC(=NCc1ccnc(N2CCCCCC2)c1)NCC1(CCOC)CCC1. The molecule has 1 aromatic rings. The molecule has 0 aromatic carbocycles. The van der Waals surface area contributed by atoms with E-state index in [9.17, 15) is 0 Å². The number of hydrogen-bond acceptors (Lipinski definition) is 4. The summed E-state index contributed by atoms with van der Waals surface area (Å²) in [6.45, 7) is 7.70. The van der Waals surface area contributed by atoms with E-state index in [2.05, 4.69) is 39.6 Å². The number of ether oxygens (including phenoxy) is 1. The molecule has 1 saturated heterocycles. The van der Waals surface area contributed by atoms with E-state index in [1.165, 1.54) is 50.5 Å². The van der Waals surface area contributed by atoms with Crippen molar-refractivity contribution in [3.63, 3.8) is 0 Å². The Hall–Kier alpha value is -1.82. The summed E-state index contributed by atoms with van der Waals surface area (Å²) in [6.07, 6.45) is 12.2. The fraction of sp³-hybridized carbons (Fsp3) is 0.739. The lowest BCUT2D eigenvalue weighted by Gasteiger charge is -2.42. The minimum atomic E-state index is 0.378. The molecule has 2 N–H and O–H groups in total. The smallest absolute Gasteiger partial charge is 0.191 e. The van der Waals surface area contributed by atoms with Gasteiger partial charge in [0.25, 0.3) is 0 Å². The van der Waals surface area contributed by atoms with Crippen molar-refractivity contribution in [2.24, 2.45) is 10.4 Å². The summed E-state index contributed by atoms with van der Waals surface area (Å²) in [5, 5.41) is 6.98. The second-order valence-corrected chi connectivity index (χ2v) is 8.57. The van der Waals surface area contributed by atoms with Crippen LogP contribution < -0.4 is 15.5 Å². The molecule has 162 valence electrons. The van der Waals surface area contributed by atoms with Gasteiger partial charge in [0.1, 0.15) is 5.82 Å². The van der Waals surface area contributed by atoms with E-state index >= 15 is 0 Å². The van der Waals surface area contributed by atoms with Crippen LogP contribution >= 0.6 is 0 Å². The van der Waals surface area contributed by atoms with Crippen LogP contribution in [0.4, 0.5) is 5.82 Å². The average Bonchev–Trinajstić information content (AvgIpc) is 3.00. The highest BCUT2D eigenvalue weighted by Gasteiger charge is 2.36. The molecule has 6 nitrogen and oxygen atoms in total. The molecule has 0 unspecified atom stereocenters. The number of nitrogens with one attached hydrogen (secondary N) is 2. The molecule has 2 heterocycles. The number of hydrogen-bond donors (Lipinski definition) is 2. The van der Waals surface area contributed by atoms with Gasteiger partial charge in [-0.05, 0) is 62.1 Å². The lowest BCUT2D eigenvalue weighted by atomic mass is 9.67. The molecule has 0 bridgehead atoms. The number of methoxy groups -OCH3 is 1. The van der Waals surface area contributed by atoms with Gasteiger partial charge in [-0.3, -0.25) is 0 Å². The normalized spacial score (nSPS) is 19.4. The largest absolute Gasteiger partial charge is 0.385 e. The van der Waals surface area contributed by atoms with Crippen LogP contribution in [-0.4, -0.2) is 50.8 Å². The van der Waals surface area contributed by atoms with E-state index in [-0.39, 0.29) is 0 Å². The van der Waals surface area contributed by atoms with Gasteiger partial charge in [0.05, 0.1) is 6.54 Å². The van der Waals surface area contributed by atoms with Gasteiger partial charge in [-0.25, -0.2) is 9.98 Å². The average molecular weight is 402 g/mol. The van der Waals surface area contributed by atoms with E-state index in [0.29, 0.717) is 12.0 Å². The molecule has 0 amide bonds. The molecule has 0 spiro atoms. The van der Waals surface area contributed by atoms with Gasteiger partial charge in [0, 0.05) is 46.1 Å². The second kappa shape index (κ2) is 11.4. The lowest BCUT2D eigenvalue weighted by Crippen LogP contribution is -2.46. The van der Waals surface area contributed by atoms with E-state index < -0.39 is 0 Å². The second-order valence-electron chi connectivity index (χ2n) is 8.57. The number of pyridine rings is 1. The number of aromatic nitrogens is 1. The predicted octanol–water partition coefficient (Wildman–Crippen LogP) is 3.72. The van der Waals surface area contributed by atoms with Crippen LogP contribution in [0.25, 0.3) is 0 Å². The highest BCUT2D eigenvalue weighted by molar-refractivity contribution is 5.79. The standard InChI is InChI=1S/C23H39N5O/c1-3-24-22(27-19-23(10-8-11-23)12-16-29-2)26-18-20-9-13-25-21(17-20)28-14-6-4-5-7-15-28/h9,13,17H,3-8,10-12,14-16,18-19H2,1-2H3,(H2,24,26,27). The molecule has 2 aliphatic rings. The monoisotopic (exact) mass is 401 g/mol. The van der Waals surface area contributed by atoms with E-state index in [1.807, 2.05) is 6.20 Å². The van der Waals surface area contributed by atoms with E-state index in [0.717, 1.165) is 51.0 Å². The molecule has 0 atom stereocenters. The first kappa shape index (κ1) is 21.9. The fourth-order valence-electron chi connectivity index (χ4n) is 4.33. The maximum absolute atomic E-state index is 5.32. The Morgan fingerprint density at radius 1 is 1.17 bits per heavy atom. The first-order chi connectivity index (χ1) is 14.2. The van der Waals surface area contributed by atoms with Crippen LogP contribution in [0.3, 0.4) is 0 Å². The van der Waals surface area contributed by atoms with Crippen molar-refractivity contribution in [1.82, 2.24) is 15.6 Å². The summed E-state index contributed by atoms with van der Waals surface area (Å²) < 4.78 is 5.32. The maximum Gasteiger partial charge on any atom is 0.191 e. The molecule has 6 heteroatoms. The summed E-state index contributed by atoms with van der Waals surface area (Å²) in [5.41, 5.74) is 1.59. The Morgan fingerprint density at radius 2 is 1.97 bits per heavy atom. The maximum atomic E-state index is 5.32. The van der Waals surface area contributed by atoms with Gasteiger partial charge in [0.2, 0.25) is 0 Å². The van der Waals surface area contributed by atoms with Crippen LogP contribution in [0, 0.1) is 5.41 Å². The summed E-state index contributed by atoms with van der Waals surface area (Å²) in [7, 11) is 1.79. The summed E-state index contributed by atoms with van der Waals surface area (Å²) in [5.74, 6) is 2.01. The van der Waals surface area contributed by atoms with Gasteiger partial charge in [-0.15, -0.1) is 0 Å². The van der Waals surface area contributed by atoms with Crippen LogP contribution in [0.15, 0.2) is 23.3 Å². The number of aliphatic imine (C=N–C) groups is 1. The van der Waals surface area contributed by atoms with Gasteiger partial charge in [0.15, 0.2) is 5.96 Å². The molecular formula is C23H39N5O. The van der Waals surface area contributed by atoms with Gasteiger partial charge >= 0.3 is 0 Å². The fourth-order valence-corrected chi connectivity index (χ4v) is 4.33. The third-order valence-electron chi connectivity index (χ3n) is 6.39. The highest BCUT2D eigenvalue weighted by Crippen LogP contribution is 2.43. The molecule has 3 rings (SSSR count). The predicted molar refractivity (Wildman–Crippen MR) is 121 cm³/mol. The Kier molecular flexibility index (Phi) is 8.59. The highest BCUT2D eigenvalue weighted by atomic mass is 16.5. The van der Waals surface area contributed by atoms with Crippen LogP contribution in [0.5, 0.6) is 0 Å². The number of rotatable bonds is 9. The molecular weight excluding hydrogens is 362 g/mol. The summed E-state index contributed by atoms with van der Waals surface area (Å²) >= 11 is 0. The molecule has 1 aliphatic carbocycles. The Morgan fingerprint density at radius 3 is 2.62 bits per heavy atom. The molecule has 29 heavy (non-hydrogen) atoms. The quantitative estimate of drug-likeness (QED) is 0.488. The first-order valence-electron chi connectivity index (χ1n) is 11.5.